The molecule has 0 radical (unpaired) electrons. The fraction of sp³-hybridized carbons (Fsp3) is 0.526. The van der Waals surface area contributed by atoms with Gasteiger partial charge in [0.05, 0.1) is 8.95 Å². The third-order valence-electron chi connectivity index (χ3n) is 5.32. The molecule has 2 aromatic rings. The summed E-state index contributed by atoms with van der Waals surface area (Å²) < 4.78 is 1.60. The molecule has 28 heavy (non-hydrogen) atoms. The van der Waals surface area contributed by atoms with Crippen LogP contribution >= 0.6 is 31.9 Å². The maximum Gasteiger partial charge on any atom is 0.182 e. The molecule has 4 rings (SSSR count). The van der Waals surface area contributed by atoms with E-state index in [1.807, 2.05) is 0 Å². The molecule has 2 atom stereocenters. The third kappa shape index (κ3) is 4.32. The van der Waals surface area contributed by atoms with Crippen molar-refractivity contribution in [1.29, 1.82) is 0 Å². The van der Waals surface area contributed by atoms with Gasteiger partial charge < -0.3 is 0 Å². The molecule has 0 spiro atoms. The number of hydrogen-bond donors (Lipinski definition) is 0. The molecule has 2 aliphatic rings. The first-order valence-corrected chi connectivity index (χ1v) is 11.2. The Morgan fingerprint density at radius 2 is 1.04 bits per heavy atom. The molecule has 9 heteroatoms. The molecule has 2 fully saturated rings. The Labute approximate surface area is 181 Å². The van der Waals surface area contributed by atoms with Crippen LogP contribution in [0.15, 0.2) is 33.7 Å². The van der Waals surface area contributed by atoms with E-state index in [0.29, 0.717) is 11.6 Å². The van der Waals surface area contributed by atoms with E-state index in [0.717, 1.165) is 60.8 Å². The second-order valence-corrected chi connectivity index (χ2v) is 9.04. The lowest BCUT2D eigenvalue weighted by Crippen LogP contribution is -2.42. The fourth-order valence-corrected chi connectivity index (χ4v) is 4.43. The molecule has 0 aromatic carbocycles. The molecule has 0 bridgehead atoms. The molecule has 0 saturated carbocycles. The van der Waals surface area contributed by atoms with Crippen molar-refractivity contribution in [3.63, 3.8) is 0 Å². The average molecular weight is 510 g/mol. The fourth-order valence-electron chi connectivity index (χ4n) is 4.02. The predicted molar refractivity (Wildman–Crippen MR) is 112 cm³/mol. The van der Waals surface area contributed by atoms with Gasteiger partial charge in [0, 0.05) is 24.8 Å². The zero-order chi connectivity index (χ0) is 19.5. The van der Waals surface area contributed by atoms with Crippen molar-refractivity contribution in [2.24, 2.45) is 0 Å². The highest BCUT2D eigenvalue weighted by Crippen LogP contribution is 2.33. The number of carbonyl (C=O) groups excluding carboxylic acids is 1. The van der Waals surface area contributed by atoms with Gasteiger partial charge in [-0.15, -0.1) is 0 Å². The molecule has 0 N–H and O–H groups in total. The molecule has 0 aliphatic carbocycles. The Bertz CT molecular complexity index is 737. The van der Waals surface area contributed by atoms with Crippen molar-refractivity contribution in [2.45, 2.75) is 37.8 Å². The van der Waals surface area contributed by atoms with Gasteiger partial charge in [-0.05, 0) is 83.7 Å². The normalized spacial score (nSPS) is 20.4. The van der Waals surface area contributed by atoms with Gasteiger partial charge in [-0.25, -0.2) is 19.9 Å². The van der Waals surface area contributed by atoms with E-state index >= 15 is 0 Å². The van der Waals surface area contributed by atoms with Gasteiger partial charge in [-0.2, -0.15) is 0 Å². The summed E-state index contributed by atoms with van der Waals surface area (Å²) >= 11 is 6.77. The lowest BCUT2D eigenvalue weighted by atomic mass is 10.0. The molecule has 148 valence electrons. The number of carbonyl (C=O) groups is 1. The smallest absolute Gasteiger partial charge is 0.182 e. The van der Waals surface area contributed by atoms with Crippen LogP contribution in [-0.4, -0.2) is 61.7 Å². The van der Waals surface area contributed by atoms with Crippen molar-refractivity contribution in [1.82, 2.24) is 29.7 Å². The number of halogens is 2. The summed E-state index contributed by atoms with van der Waals surface area (Å²) in [5.74, 6) is 1.17. The van der Waals surface area contributed by atoms with Crippen LogP contribution < -0.4 is 0 Å². The van der Waals surface area contributed by atoms with Crippen LogP contribution in [0.2, 0.25) is 0 Å². The molecular weight excluding hydrogens is 488 g/mol. The Morgan fingerprint density at radius 3 is 1.36 bits per heavy atom. The first-order chi connectivity index (χ1) is 13.6. The Morgan fingerprint density at radius 1 is 0.714 bits per heavy atom. The first kappa shape index (κ1) is 20.0. The number of aromatic nitrogens is 4. The summed E-state index contributed by atoms with van der Waals surface area (Å²) in [5, 5.41) is 0. The van der Waals surface area contributed by atoms with Crippen LogP contribution in [0.1, 0.15) is 49.4 Å². The average Bonchev–Trinajstić information content (AvgIpc) is 3.40. The monoisotopic (exact) mass is 508 g/mol. The van der Waals surface area contributed by atoms with Crippen LogP contribution in [-0.2, 0) is 4.79 Å². The van der Waals surface area contributed by atoms with Crippen molar-refractivity contribution in [2.75, 3.05) is 26.2 Å². The summed E-state index contributed by atoms with van der Waals surface area (Å²) in [6, 6.07) is -0.957. The van der Waals surface area contributed by atoms with E-state index in [1.54, 1.807) is 24.8 Å². The maximum atomic E-state index is 13.9. The van der Waals surface area contributed by atoms with Crippen molar-refractivity contribution < 1.29 is 4.79 Å². The quantitative estimate of drug-likeness (QED) is 0.591. The van der Waals surface area contributed by atoms with Crippen molar-refractivity contribution >= 4 is 37.6 Å². The van der Waals surface area contributed by atoms with Gasteiger partial charge in [0.25, 0.3) is 0 Å². The summed E-state index contributed by atoms with van der Waals surface area (Å²) in [6.45, 7) is 3.51. The predicted octanol–water partition coefficient (Wildman–Crippen LogP) is 3.33. The van der Waals surface area contributed by atoms with E-state index in [2.05, 4.69) is 61.6 Å². The first-order valence-electron chi connectivity index (χ1n) is 9.60. The van der Waals surface area contributed by atoms with Gasteiger partial charge in [-0.3, -0.25) is 14.6 Å². The Balaban J connectivity index is 1.72. The van der Waals surface area contributed by atoms with E-state index in [9.17, 15) is 4.79 Å². The Hall–Kier alpha value is -1.29. The number of rotatable bonds is 6. The highest BCUT2D eigenvalue weighted by atomic mass is 79.9. The number of hydrogen-bond acceptors (Lipinski definition) is 7. The molecule has 2 saturated heterocycles. The van der Waals surface area contributed by atoms with Crippen molar-refractivity contribution in [3.8, 4) is 0 Å². The zero-order valence-corrected chi connectivity index (χ0v) is 18.6. The van der Waals surface area contributed by atoms with Gasteiger partial charge in [0.1, 0.15) is 12.1 Å². The third-order valence-corrected chi connectivity index (χ3v) is 6.14. The molecule has 2 aromatic heterocycles. The van der Waals surface area contributed by atoms with E-state index in [-0.39, 0.29) is 5.78 Å². The molecule has 4 heterocycles. The largest absolute Gasteiger partial charge is 0.295 e. The molecule has 2 aliphatic heterocycles. The maximum absolute atomic E-state index is 13.9. The van der Waals surface area contributed by atoms with Crippen molar-refractivity contribution in [3.05, 3.63) is 45.4 Å². The summed E-state index contributed by atoms with van der Waals surface area (Å²) in [7, 11) is 0. The molecular formula is C19H22Br2N6O. The summed E-state index contributed by atoms with van der Waals surface area (Å²) in [4.78, 5) is 36.2. The Kier molecular flexibility index (Phi) is 6.45. The van der Waals surface area contributed by atoms with E-state index < -0.39 is 12.1 Å². The second kappa shape index (κ2) is 9.02. The van der Waals surface area contributed by atoms with Gasteiger partial charge in [0.15, 0.2) is 17.4 Å². The standard InChI is InChI=1S/C19H22Br2N6O/c20-13-9-22-18(23-10-13)15(26-5-1-2-6-26)17(28)16(27-7-3-4-8-27)19-24-11-14(21)12-25-19/h9-12,15-16H,1-8H2. The van der Waals surface area contributed by atoms with Crippen LogP contribution in [0, 0.1) is 0 Å². The number of likely N-dealkylation sites (tertiary alicyclic amines) is 2. The van der Waals surface area contributed by atoms with Gasteiger partial charge in [-0.1, -0.05) is 0 Å². The van der Waals surface area contributed by atoms with Gasteiger partial charge in [0.2, 0.25) is 0 Å². The van der Waals surface area contributed by atoms with Crippen LogP contribution in [0.4, 0.5) is 0 Å². The summed E-state index contributed by atoms with van der Waals surface area (Å²) in [5.41, 5.74) is 0. The lowest BCUT2D eigenvalue weighted by molar-refractivity contribution is -0.130. The lowest BCUT2D eigenvalue weighted by Gasteiger charge is -2.32. The van der Waals surface area contributed by atoms with Crippen LogP contribution in [0.5, 0.6) is 0 Å². The number of nitrogens with zero attached hydrogens (tertiary/aromatic N) is 6. The highest BCUT2D eigenvalue weighted by molar-refractivity contribution is 9.10. The minimum Gasteiger partial charge on any atom is -0.295 e. The summed E-state index contributed by atoms with van der Waals surface area (Å²) in [6.07, 6.45) is 11.2. The van der Waals surface area contributed by atoms with Crippen LogP contribution in [0.25, 0.3) is 0 Å². The topological polar surface area (TPSA) is 75.1 Å². The highest BCUT2D eigenvalue weighted by Gasteiger charge is 2.41. The molecule has 2 unspecified atom stereocenters. The minimum absolute atomic E-state index is 0.0634. The minimum atomic E-state index is -0.478. The number of Topliss-reactive ketones (excluding diaryl/α,β-unsaturated/α-hetero) is 1. The van der Waals surface area contributed by atoms with E-state index in [1.165, 1.54) is 0 Å². The zero-order valence-electron chi connectivity index (χ0n) is 15.5. The molecule has 7 nitrogen and oxygen atoms in total. The van der Waals surface area contributed by atoms with E-state index in [4.69, 9.17) is 0 Å². The van der Waals surface area contributed by atoms with Crippen LogP contribution in [0.3, 0.4) is 0 Å². The second-order valence-electron chi connectivity index (χ2n) is 7.21. The van der Waals surface area contributed by atoms with Gasteiger partial charge >= 0.3 is 0 Å². The molecule has 0 amide bonds. The SMILES string of the molecule is O=C(C(c1ncc(Br)cn1)N1CCCC1)C(c1ncc(Br)cn1)N1CCCC1. The number of ketones is 1.